The van der Waals surface area contributed by atoms with Gasteiger partial charge in [-0.15, -0.1) is 0 Å². The number of likely N-dealkylation sites (tertiary alicyclic amines) is 1. The molecule has 21 heavy (non-hydrogen) atoms. The number of carbonyl (C=O) groups excluding carboxylic acids is 2. The molecule has 6 nitrogen and oxygen atoms in total. The maximum atomic E-state index is 11.8. The van der Waals surface area contributed by atoms with Crippen molar-refractivity contribution in [2.45, 2.75) is 26.3 Å². The van der Waals surface area contributed by atoms with E-state index in [9.17, 15) is 9.59 Å². The lowest BCUT2D eigenvalue weighted by molar-refractivity contribution is -0.150. The van der Waals surface area contributed by atoms with Crippen LogP contribution in [0, 0.1) is 5.92 Å². The fourth-order valence-electron chi connectivity index (χ4n) is 2.62. The number of nitrogens with zero attached hydrogens (tertiary/aromatic N) is 1. The van der Waals surface area contributed by atoms with Gasteiger partial charge in [0.1, 0.15) is 0 Å². The van der Waals surface area contributed by atoms with E-state index in [1.54, 1.807) is 6.07 Å². The van der Waals surface area contributed by atoms with E-state index in [4.69, 9.17) is 13.9 Å². The molecule has 2 rings (SSSR count). The summed E-state index contributed by atoms with van der Waals surface area (Å²) in [5.74, 6) is -0.473. The largest absolute Gasteiger partial charge is 0.466 e. The van der Waals surface area contributed by atoms with Crippen molar-refractivity contribution in [2.24, 2.45) is 5.92 Å². The van der Waals surface area contributed by atoms with Gasteiger partial charge in [0.2, 0.25) is 5.76 Å². The molecule has 1 aromatic heterocycles. The summed E-state index contributed by atoms with van der Waals surface area (Å²) in [6.45, 7) is 4.32. The van der Waals surface area contributed by atoms with E-state index in [1.165, 1.54) is 13.4 Å². The SMILES string of the molecule is CCOC(=O)[C@@H]1CCCN(Cc2ccoc2C(=O)OC)C1. The molecule has 1 saturated heterocycles. The Morgan fingerprint density at radius 2 is 2.29 bits per heavy atom. The van der Waals surface area contributed by atoms with Crippen LogP contribution in [0.3, 0.4) is 0 Å². The van der Waals surface area contributed by atoms with Crippen LogP contribution in [0.15, 0.2) is 16.7 Å². The molecular weight excluding hydrogens is 274 g/mol. The summed E-state index contributed by atoms with van der Waals surface area (Å²) in [5, 5.41) is 0. The van der Waals surface area contributed by atoms with E-state index < -0.39 is 5.97 Å². The molecule has 0 N–H and O–H groups in total. The van der Waals surface area contributed by atoms with Gasteiger partial charge in [-0.2, -0.15) is 0 Å². The van der Waals surface area contributed by atoms with Crippen LogP contribution in [0.2, 0.25) is 0 Å². The summed E-state index contributed by atoms with van der Waals surface area (Å²) in [6.07, 6.45) is 3.27. The van der Waals surface area contributed by atoms with Crippen LogP contribution in [0.4, 0.5) is 0 Å². The Morgan fingerprint density at radius 3 is 3.00 bits per heavy atom. The highest BCUT2D eigenvalue weighted by Gasteiger charge is 2.28. The smallest absolute Gasteiger partial charge is 0.374 e. The maximum absolute atomic E-state index is 11.8. The van der Waals surface area contributed by atoms with Gasteiger partial charge in [0.05, 0.1) is 25.9 Å². The molecule has 0 unspecified atom stereocenters. The van der Waals surface area contributed by atoms with Gasteiger partial charge in [-0.3, -0.25) is 9.69 Å². The summed E-state index contributed by atoms with van der Waals surface area (Å²) in [4.78, 5) is 25.6. The number of furan rings is 1. The Labute approximate surface area is 124 Å². The minimum absolute atomic E-state index is 0.0906. The second-order valence-corrected chi connectivity index (χ2v) is 5.09. The summed E-state index contributed by atoms with van der Waals surface area (Å²) in [6, 6.07) is 1.76. The number of ether oxygens (including phenoxy) is 2. The van der Waals surface area contributed by atoms with Crippen molar-refractivity contribution in [3.63, 3.8) is 0 Å². The van der Waals surface area contributed by atoms with Gasteiger partial charge in [0, 0.05) is 18.7 Å². The number of methoxy groups -OCH3 is 1. The van der Waals surface area contributed by atoms with Crippen molar-refractivity contribution < 1.29 is 23.5 Å². The van der Waals surface area contributed by atoms with Crippen molar-refractivity contribution in [2.75, 3.05) is 26.8 Å². The quantitative estimate of drug-likeness (QED) is 0.772. The molecule has 1 aliphatic heterocycles. The first kappa shape index (κ1) is 15.6. The molecule has 0 saturated carbocycles. The third kappa shape index (κ3) is 3.85. The van der Waals surface area contributed by atoms with Crippen LogP contribution >= 0.6 is 0 Å². The van der Waals surface area contributed by atoms with Gasteiger partial charge in [-0.05, 0) is 32.4 Å². The monoisotopic (exact) mass is 295 g/mol. The minimum atomic E-state index is -0.478. The number of rotatable bonds is 5. The molecule has 0 radical (unpaired) electrons. The highest BCUT2D eigenvalue weighted by molar-refractivity contribution is 5.87. The fraction of sp³-hybridized carbons (Fsp3) is 0.600. The average Bonchev–Trinajstić information content (AvgIpc) is 2.95. The first-order valence-electron chi connectivity index (χ1n) is 7.19. The van der Waals surface area contributed by atoms with Crippen LogP contribution < -0.4 is 0 Å². The standard InChI is InChI=1S/C15H21NO5/c1-3-20-14(17)12-5-4-7-16(10-12)9-11-6-8-21-13(11)15(18)19-2/h6,8,12H,3-5,7,9-10H2,1-2H3/t12-/m1/s1. The molecule has 6 heteroatoms. The lowest BCUT2D eigenvalue weighted by atomic mass is 9.98. The van der Waals surface area contributed by atoms with Gasteiger partial charge >= 0.3 is 11.9 Å². The second-order valence-electron chi connectivity index (χ2n) is 5.09. The molecule has 1 aromatic rings. The molecule has 0 aromatic carbocycles. The zero-order valence-corrected chi connectivity index (χ0v) is 12.5. The minimum Gasteiger partial charge on any atom is -0.466 e. The van der Waals surface area contributed by atoms with Crippen molar-refractivity contribution in [3.8, 4) is 0 Å². The Balaban J connectivity index is 1.98. The van der Waals surface area contributed by atoms with E-state index in [2.05, 4.69) is 4.90 Å². The van der Waals surface area contributed by atoms with Crippen LogP contribution in [0.5, 0.6) is 0 Å². The van der Waals surface area contributed by atoms with Gasteiger partial charge in [-0.25, -0.2) is 4.79 Å². The lowest BCUT2D eigenvalue weighted by Crippen LogP contribution is -2.39. The predicted molar refractivity (Wildman–Crippen MR) is 74.7 cm³/mol. The van der Waals surface area contributed by atoms with E-state index >= 15 is 0 Å². The Hall–Kier alpha value is -1.82. The molecule has 0 aliphatic carbocycles. The zero-order chi connectivity index (χ0) is 15.2. The van der Waals surface area contributed by atoms with Crippen molar-refractivity contribution in [3.05, 3.63) is 23.7 Å². The van der Waals surface area contributed by atoms with E-state index in [-0.39, 0.29) is 17.6 Å². The van der Waals surface area contributed by atoms with Crippen LogP contribution in [-0.4, -0.2) is 43.6 Å². The van der Waals surface area contributed by atoms with Crippen molar-refractivity contribution in [1.29, 1.82) is 0 Å². The highest BCUT2D eigenvalue weighted by Crippen LogP contribution is 2.21. The molecule has 0 amide bonds. The first-order chi connectivity index (χ1) is 10.2. The molecule has 1 aliphatic rings. The Morgan fingerprint density at radius 1 is 1.48 bits per heavy atom. The number of piperidine rings is 1. The molecule has 1 atom stereocenters. The lowest BCUT2D eigenvalue weighted by Gasteiger charge is -2.31. The molecule has 2 heterocycles. The molecule has 116 valence electrons. The van der Waals surface area contributed by atoms with E-state index in [0.29, 0.717) is 19.7 Å². The van der Waals surface area contributed by atoms with Gasteiger partial charge in [0.25, 0.3) is 0 Å². The molecule has 0 spiro atoms. The van der Waals surface area contributed by atoms with Crippen LogP contribution in [0.1, 0.15) is 35.9 Å². The first-order valence-corrected chi connectivity index (χ1v) is 7.19. The fourth-order valence-corrected chi connectivity index (χ4v) is 2.62. The number of carbonyl (C=O) groups is 2. The molecule has 1 fully saturated rings. The second kappa shape index (κ2) is 7.26. The van der Waals surface area contributed by atoms with Gasteiger partial charge < -0.3 is 13.9 Å². The Kier molecular flexibility index (Phi) is 5.38. The topological polar surface area (TPSA) is 69.0 Å². The predicted octanol–water partition coefficient (Wildman–Crippen LogP) is 1.84. The highest BCUT2D eigenvalue weighted by atomic mass is 16.5. The van der Waals surface area contributed by atoms with Crippen molar-refractivity contribution in [1.82, 2.24) is 4.90 Å². The maximum Gasteiger partial charge on any atom is 0.374 e. The third-order valence-electron chi connectivity index (χ3n) is 3.64. The number of esters is 2. The average molecular weight is 295 g/mol. The summed E-state index contributed by atoms with van der Waals surface area (Å²) >= 11 is 0. The summed E-state index contributed by atoms with van der Waals surface area (Å²) in [7, 11) is 1.33. The summed E-state index contributed by atoms with van der Waals surface area (Å²) in [5.41, 5.74) is 0.784. The van der Waals surface area contributed by atoms with Crippen LogP contribution in [-0.2, 0) is 20.8 Å². The normalized spacial score (nSPS) is 19.2. The number of hydrogen-bond donors (Lipinski definition) is 0. The van der Waals surface area contributed by atoms with E-state index in [1.807, 2.05) is 6.92 Å². The third-order valence-corrected chi connectivity index (χ3v) is 3.64. The van der Waals surface area contributed by atoms with Gasteiger partial charge in [0.15, 0.2) is 0 Å². The Bertz CT molecular complexity index is 496. The molecule has 0 bridgehead atoms. The van der Waals surface area contributed by atoms with E-state index in [0.717, 1.165) is 24.9 Å². The van der Waals surface area contributed by atoms with Gasteiger partial charge in [-0.1, -0.05) is 0 Å². The van der Waals surface area contributed by atoms with Crippen LogP contribution in [0.25, 0.3) is 0 Å². The number of hydrogen-bond acceptors (Lipinski definition) is 6. The summed E-state index contributed by atoms with van der Waals surface area (Å²) < 4.78 is 15.0. The molecular formula is C15H21NO5. The zero-order valence-electron chi connectivity index (χ0n) is 12.5. The van der Waals surface area contributed by atoms with Crippen molar-refractivity contribution >= 4 is 11.9 Å².